The van der Waals surface area contributed by atoms with E-state index in [0.717, 1.165) is 7.11 Å². The number of alkyl halides is 4. The number of ether oxygens (including phenoxy) is 1. The van der Waals surface area contributed by atoms with Gasteiger partial charge in [-0.05, 0) is 0 Å². The first-order valence-corrected chi connectivity index (χ1v) is 7.16. The number of rotatable bonds is 4. The van der Waals surface area contributed by atoms with Gasteiger partial charge in [-0.3, -0.25) is 0 Å². The summed E-state index contributed by atoms with van der Waals surface area (Å²) in [6, 6.07) is 0. The zero-order valence-corrected chi connectivity index (χ0v) is 21.9. The number of methoxy groups -OCH3 is 1. The van der Waals surface area contributed by atoms with Crippen molar-refractivity contribution in [3.05, 3.63) is 0 Å². The van der Waals surface area contributed by atoms with E-state index < -0.39 is 43.3 Å². The molecule has 141 valence electrons. The van der Waals surface area contributed by atoms with Gasteiger partial charge in [0.05, 0.1) is 7.11 Å². The van der Waals surface area contributed by atoms with Crippen molar-refractivity contribution in [3.8, 4) is 0 Å². The molecule has 0 saturated heterocycles. The molecule has 0 spiro atoms. The van der Waals surface area contributed by atoms with Crippen molar-refractivity contribution in [2.24, 2.45) is 0 Å². The van der Waals surface area contributed by atoms with E-state index in [1.165, 1.54) is 0 Å². The van der Waals surface area contributed by atoms with Gasteiger partial charge in [0.15, 0.2) is 20.2 Å². The molecule has 0 aliphatic carbocycles. The second kappa shape index (κ2) is 19.0. The third-order valence-corrected chi connectivity index (χ3v) is 2.94. The van der Waals surface area contributed by atoms with Crippen molar-refractivity contribution < 1.29 is 153 Å². The van der Waals surface area contributed by atoms with Crippen LogP contribution in [-0.2, 0) is 29.8 Å². The fourth-order valence-electron chi connectivity index (χ4n) is 0.300. The molecule has 0 rings (SSSR count). The van der Waals surface area contributed by atoms with Crippen LogP contribution < -0.4 is 88.7 Å². The van der Waals surface area contributed by atoms with Gasteiger partial charge in [0, 0.05) is 15.5 Å². The third-order valence-electron chi connectivity index (χ3n) is 1.29. The Hall–Kier alpha value is 1.99. The number of aliphatic hydroxyl groups excluding tert-OH is 2. The first-order valence-electron chi connectivity index (χ1n) is 4.35. The van der Waals surface area contributed by atoms with Gasteiger partial charge in [-0.25, -0.2) is 21.6 Å². The molecule has 2 N–H and O–H groups in total. The minimum absolute atomic E-state index is 0. The summed E-state index contributed by atoms with van der Waals surface area (Å²) in [6.45, 7) is -1.97. The Balaban J connectivity index is -0.0000000351. The van der Waals surface area contributed by atoms with E-state index in [1.807, 2.05) is 0 Å². The molecular formula is C6H11BF4Na3O10S2. The van der Waals surface area contributed by atoms with E-state index in [-0.39, 0.29) is 98.5 Å². The molecule has 0 fully saturated rings. The predicted molar refractivity (Wildman–Crippen MR) is 63.4 cm³/mol. The summed E-state index contributed by atoms with van der Waals surface area (Å²) in [5.41, 5.74) is 0. The minimum Gasteiger partial charge on any atom is -1.00 e. The molecule has 10 nitrogen and oxygen atoms in total. The van der Waals surface area contributed by atoms with Crippen molar-refractivity contribution in [2.75, 3.05) is 20.8 Å². The molecule has 3 radical (unpaired) electrons. The Morgan fingerprint density at radius 3 is 1.31 bits per heavy atom. The van der Waals surface area contributed by atoms with Crippen LogP contribution in [0.2, 0.25) is 0 Å². The maximum atomic E-state index is 11.9. The molecule has 0 bridgehead atoms. The second-order valence-corrected chi connectivity index (χ2v) is 5.64. The van der Waals surface area contributed by atoms with Gasteiger partial charge >= 0.3 is 105 Å². The normalized spacial score (nSPS) is 10.4. The molecule has 0 heterocycles. The van der Waals surface area contributed by atoms with Crippen LogP contribution in [0.4, 0.5) is 17.6 Å². The predicted octanol–water partition coefficient (Wildman–Crippen LogP) is -11.2. The van der Waals surface area contributed by atoms with Crippen molar-refractivity contribution in [2.45, 2.75) is 10.5 Å². The Labute approximate surface area is 216 Å². The molecule has 0 atom stereocenters. The Bertz CT molecular complexity index is 565. The first kappa shape index (κ1) is 46.3. The number of carbonyl (C=O) groups excluding carboxylic acids is 1. The van der Waals surface area contributed by atoms with Crippen molar-refractivity contribution in [1.82, 2.24) is 0 Å². The van der Waals surface area contributed by atoms with Crippen LogP contribution in [0, 0.1) is 0 Å². The molecular weight excluding hydrogens is 452 g/mol. The summed E-state index contributed by atoms with van der Waals surface area (Å²) in [4.78, 5) is 9.93. The second-order valence-electron chi connectivity index (χ2n) is 2.71. The molecule has 0 amide bonds. The molecule has 20 heteroatoms. The van der Waals surface area contributed by atoms with Gasteiger partial charge in [-0.1, -0.05) is 0 Å². The van der Waals surface area contributed by atoms with Crippen LogP contribution in [0.25, 0.3) is 0 Å². The summed E-state index contributed by atoms with van der Waals surface area (Å²) in [5.74, 6) is -2.38. The fourth-order valence-corrected chi connectivity index (χ4v) is 0.746. The van der Waals surface area contributed by atoms with Crippen molar-refractivity contribution in [3.63, 3.8) is 0 Å². The number of carbonyl (C=O) groups is 1. The first-order chi connectivity index (χ1) is 9.54. The monoisotopic (exact) mass is 463 g/mol. The van der Waals surface area contributed by atoms with Crippen LogP contribution >= 0.6 is 0 Å². The summed E-state index contributed by atoms with van der Waals surface area (Å²) in [5, 5.41) is 5.05. The van der Waals surface area contributed by atoms with Crippen LogP contribution in [-0.4, -0.2) is 81.9 Å². The molecule has 0 aliphatic heterocycles. The number of aliphatic hydroxyl groups is 2. The average Bonchev–Trinajstić information content (AvgIpc) is 2.38. The minimum atomic E-state index is -5.97. The maximum Gasteiger partial charge on any atom is 1.00 e. The van der Waals surface area contributed by atoms with E-state index in [1.54, 1.807) is 0 Å². The molecule has 0 aliphatic rings. The van der Waals surface area contributed by atoms with Gasteiger partial charge in [-0.15, -0.1) is 0 Å². The van der Waals surface area contributed by atoms with E-state index >= 15 is 0 Å². The van der Waals surface area contributed by atoms with Gasteiger partial charge in [0.1, 0.15) is 6.61 Å². The third kappa shape index (κ3) is 16.9. The molecule has 26 heavy (non-hydrogen) atoms. The SMILES string of the molecule is CO.COC(=O)C(F)(F)S(=O)(=O)[O-].O=S(=O)([O-])C(F)(F)CO.[B].[H-].[Na+].[Na+].[Na+]. The van der Waals surface area contributed by atoms with E-state index in [9.17, 15) is 48.3 Å². The quantitative estimate of drug-likeness (QED) is 0.176. The number of hydrogen-bond acceptors (Lipinski definition) is 10. The summed E-state index contributed by atoms with van der Waals surface area (Å²) >= 11 is 0. The topological polar surface area (TPSA) is 181 Å². The number of esters is 1. The van der Waals surface area contributed by atoms with Crippen molar-refractivity contribution in [1.29, 1.82) is 0 Å². The molecule has 0 aromatic carbocycles. The van der Waals surface area contributed by atoms with E-state index in [2.05, 4.69) is 4.74 Å². The standard InChI is InChI=1S/C3H4F2O5S.C2H4F2O4S.CH4O.B.3Na.H/c1-10-2(6)3(4,5)11(7,8)9;3-2(4,1-5)9(6,7)8;1-2;;;;;/h1H3,(H,7,8,9);5H,1H2,(H,6,7,8);2H,1H3;;;;;/q;;;;3*+1;-1/p-2. The fraction of sp³-hybridized carbons (Fsp3) is 0.833. The Morgan fingerprint density at radius 2 is 1.27 bits per heavy atom. The van der Waals surface area contributed by atoms with Gasteiger partial charge in [-0.2, -0.15) is 17.6 Å². The number of halogens is 4. The Kier molecular flexibility index (Phi) is 33.8. The smallest absolute Gasteiger partial charge is 1.00 e. The Morgan fingerprint density at radius 1 is 1.00 bits per heavy atom. The zero-order valence-electron chi connectivity index (χ0n) is 15.3. The van der Waals surface area contributed by atoms with Crippen LogP contribution in [0.5, 0.6) is 0 Å². The van der Waals surface area contributed by atoms with E-state index in [0.29, 0.717) is 7.11 Å². The van der Waals surface area contributed by atoms with Gasteiger partial charge < -0.3 is 25.5 Å². The maximum absolute atomic E-state index is 11.9. The summed E-state index contributed by atoms with van der Waals surface area (Å²) in [6.07, 6.45) is 0. The van der Waals surface area contributed by atoms with Crippen LogP contribution in [0.3, 0.4) is 0 Å². The van der Waals surface area contributed by atoms with Crippen LogP contribution in [0.1, 0.15) is 1.43 Å². The zero-order chi connectivity index (χ0) is 19.0. The number of hydrogen-bond donors (Lipinski definition) is 2. The average molecular weight is 463 g/mol. The molecule has 0 aromatic heterocycles. The van der Waals surface area contributed by atoms with Gasteiger partial charge in [0.25, 0.3) is 0 Å². The van der Waals surface area contributed by atoms with Gasteiger partial charge in [0.2, 0.25) is 0 Å². The summed E-state index contributed by atoms with van der Waals surface area (Å²) in [7, 11) is -10.1. The largest absolute Gasteiger partial charge is 1.00 e. The van der Waals surface area contributed by atoms with E-state index in [4.69, 9.17) is 10.2 Å². The van der Waals surface area contributed by atoms with Crippen molar-refractivity contribution >= 4 is 34.6 Å². The van der Waals surface area contributed by atoms with Crippen LogP contribution in [0.15, 0.2) is 0 Å². The molecule has 0 unspecified atom stereocenters. The molecule has 0 saturated carbocycles. The summed E-state index contributed by atoms with van der Waals surface area (Å²) < 4.78 is 107. The molecule has 0 aromatic rings.